The Hall–Kier alpha value is -1.63. The molecule has 0 unspecified atom stereocenters. The number of aromatic nitrogens is 2. The van der Waals surface area contributed by atoms with Gasteiger partial charge in [0.25, 0.3) is 0 Å². The highest BCUT2D eigenvalue weighted by molar-refractivity contribution is 5.59. The third-order valence-corrected chi connectivity index (χ3v) is 2.61. The third-order valence-electron chi connectivity index (χ3n) is 2.61. The number of hydrogen-bond acceptors (Lipinski definition) is 5. The van der Waals surface area contributed by atoms with Crippen LogP contribution in [0.25, 0.3) is 0 Å². The van der Waals surface area contributed by atoms with Gasteiger partial charge in [0.15, 0.2) is 0 Å². The van der Waals surface area contributed by atoms with Crippen molar-refractivity contribution in [3.8, 4) is 0 Å². The molecule has 1 aromatic heterocycles. The summed E-state index contributed by atoms with van der Waals surface area (Å²) in [5.74, 6) is 0.445. The molecule has 7 nitrogen and oxygen atoms in total. The molecule has 0 aromatic carbocycles. The van der Waals surface area contributed by atoms with Crippen molar-refractivity contribution >= 4 is 11.5 Å². The van der Waals surface area contributed by atoms with Crippen LogP contribution in [-0.4, -0.2) is 34.0 Å². The Labute approximate surface area is 113 Å². The molecular formula is C12H22N4O3. The van der Waals surface area contributed by atoms with Crippen LogP contribution in [0.1, 0.15) is 32.9 Å². The van der Waals surface area contributed by atoms with E-state index in [2.05, 4.69) is 10.4 Å². The summed E-state index contributed by atoms with van der Waals surface area (Å²) < 4.78 is 6.92. The van der Waals surface area contributed by atoms with Gasteiger partial charge in [-0.25, -0.2) is 4.68 Å². The molecular weight excluding hydrogens is 248 g/mol. The summed E-state index contributed by atoms with van der Waals surface area (Å²) in [6.07, 6.45) is 1.58. The van der Waals surface area contributed by atoms with E-state index in [1.54, 1.807) is 7.05 Å². The Balaban J connectivity index is 2.78. The van der Waals surface area contributed by atoms with Crippen molar-refractivity contribution in [2.24, 2.45) is 7.05 Å². The van der Waals surface area contributed by atoms with E-state index in [9.17, 15) is 10.1 Å². The van der Waals surface area contributed by atoms with Crippen molar-refractivity contribution in [3.63, 3.8) is 0 Å². The standard InChI is InChI=1S/C12H22N4O3/c1-5-6-10-11(16(17)18)12(15(4)14-10)13-7-8-19-9(2)3/h9,13H,5-8H2,1-4H3. The summed E-state index contributed by atoms with van der Waals surface area (Å²) in [6.45, 7) is 6.90. The molecule has 1 N–H and O–H groups in total. The highest BCUT2D eigenvalue weighted by Gasteiger charge is 2.25. The molecule has 0 bridgehead atoms. The number of nitrogens with one attached hydrogen (secondary N) is 1. The van der Waals surface area contributed by atoms with Gasteiger partial charge >= 0.3 is 5.69 Å². The predicted molar refractivity (Wildman–Crippen MR) is 73.4 cm³/mol. The molecule has 0 radical (unpaired) electrons. The monoisotopic (exact) mass is 270 g/mol. The van der Waals surface area contributed by atoms with E-state index in [0.717, 1.165) is 6.42 Å². The lowest BCUT2D eigenvalue weighted by Gasteiger charge is -2.09. The first-order valence-electron chi connectivity index (χ1n) is 6.53. The first-order chi connectivity index (χ1) is 8.97. The SMILES string of the molecule is CCCc1nn(C)c(NCCOC(C)C)c1[N+](=O)[O-]. The molecule has 0 saturated carbocycles. The van der Waals surface area contributed by atoms with E-state index in [1.165, 1.54) is 4.68 Å². The lowest BCUT2D eigenvalue weighted by molar-refractivity contribution is -0.384. The molecule has 0 spiro atoms. The second kappa shape index (κ2) is 7.08. The van der Waals surface area contributed by atoms with Crippen LogP contribution < -0.4 is 5.32 Å². The average Bonchev–Trinajstić information content (AvgIpc) is 2.61. The summed E-state index contributed by atoms with van der Waals surface area (Å²) in [7, 11) is 1.71. The Bertz CT molecular complexity index is 429. The van der Waals surface area contributed by atoms with Crippen LogP contribution in [-0.2, 0) is 18.2 Å². The van der Waals surface area contributed by atoms with Crippen LogP contribution in [0.2, 0.25) is 0 Å². The summed E-state index contributed by atoms with van der Waals surface area (Å²) in [5, 5.41) is 18.4. The third kappa shape index (κ3) is 4.20. The summed E-state index contributed by atoms with van der Waals surface area (Å²) in [5.41, 5.74) is 0.608. The first kappa shape index (κ1) is 15.4. The minimum atomic E-state index is -0.371. The van der Waals surface area contributed by atoms with Gasteiger partial charge in [0.05, 0.1) is 17.6 Å². The van der Waals surface area contributed by atoms with Gasteiger partial charge in [0, 0.05) is 13.6 Å². The zero-order chi connectivity index (χ0) is 14.4. The summed E-state index contributed by atoms with van der Waals surface area (Å²) in [4.78, 5) is 10.8. The fourth-order valence-electron chi connectivity index (χ4n) is 1.83. The second-order valence-electron chi connectivity index (χ2n) is 4.62. The molecule has 0 aliphatic rings. The average molecular weight is 270 g/mol. The number of hydrogen-bond donors (Lipinski definition) is 1. The van der Waals surface area contributed by atoms with Crippen LogP contribution in [0.5, 0.6) is 0 Å². The van der Waals surface area contributed by atoms with Crippen molar-refractivity contribution in [2.75, 3.05) is 18.5 Å². The van der Waals surface area contributed by atoms with E-state index in [1.807, 2.05) is 20.8 Å². The summed E-state index contributed by atoms with van der Waals surface area (Å²) in [6, 6.07) is 0. The zero-order valence-corrected chi connectivity index (χ0v) is 12.0. The lowest BCUT2D eigenvalue weighted by Crippen LogP contribution is -2.15. The van der Waals surface area contributed by atoms with Crippen molar-refractivity contribution < 1.29 is 9.66 Å². The smallest absolute Gasteiger partial charge is 0.333 e. The summed E-state index contributed by atoms with van der Waals surface area (Å²) >= 11 is 0. The van der Waals surface area contributed by atoms with E-state index in [-0.39, 0.29) is 16.7 Å². The molecule has 1 rings (SSSR count). The fourth-order valence-corrected chi connectivity index (χ4v) is 1.83. The highest BCUT2D eigenvalue weighted by atomic mass is 16.6. The maximum Gasteiger partial charge on any atom is 0.333 e. The number of rotatable bonds is 8. The van der Waals surface area contributed by atoms with Gasteiger partial charge < -0.3 is 10.1 Å². The van der Waals surface area contributed by atoms with Gasteiger partial charge in [0.2, 0.25) is 5.82 Å². The van der Waals surface area contributed by atoms with Gasteiger partial charge in [-0.3, -0.25) is 10.1 Å². The molecule has 1 aromatic rings. The van der Waals surface area contributed by atoms with Gasteiger partial charge in [0.1, 0.15) is 5.69 Å². The van der Waals surface area contributed by atoms with Gasteiger partial charge in [-0.2, -0.15) is 5.10 Å². The Morgan fingerprint density at radius 1 is 1.53 bits per heavy atom. The number of nitro groups is 1. The van der Waals surface area contributed by atoms with E-state index < -0.39 is 0 Å². The largest absolute Gasteiger partial charge is 0.377 e. The maximum absolute atomic E-state index is 11.2. The Kier molecular flexibility index (Phi) is 5.75. The number of ether oxygens (including phenoxy) is 1. The molecule has 0 fully saturated rings. The van der Waals surface area contributed by atoms with Crippen molar-refractivity contribution in [1.29, 1.82) is 0 Å². The molecule has 0 saturated heterocycles. The van der Waals surface area contributed by atoms with Gasteiger partial charge in [-0.15, -0.1) is 0 Å². The normalized spacial score (nSPS) is 11.0. The van der Waals surface area contributed by atoms with Gasteiger partial charge in [-0.1, -0.05) is 13.3 Å². The first-order valence-corrected chi connectivity index (χ1v) is 6.53. The quantitative estimate of drug-likeness (QED) is 0.444. The molecule has 19 heavy (non-hydrogen) atoms. The van der Waals surface area contributed by atoms with Crippen LogP contribution in [0.15, 0.2) is 0 Å². The van der Waals surface area contributed by atoms with E-state index >= 15 is 0 Å². The fraction of sp³-hybridized carbons (Fsp3) is 0.750. The molecule has 108 valence electrons. The second-order valence-corrected chi connectivity index (χ2v) is 4.62. The van der Waals surface area contributed by atoms with Crippen LogP contribution in [0.4, 0.5) is 11.5 Å². The van der Waals surface area contributed by atoms with E-state index in [0.29, 0.717) is 31.1 Å². The van der Waals surface area contributed by atoms with Crippen molar-refractivity contribution in [3.05, 3.63) is 15.8 Å². The van der Waals surface area contributed by atoms with Crippen molar-refractivity contribution in [1.82, 2.24) is 9.78 Å². The van der Waals surface area contributed by atoms with Crippen LogP contribution >= 0.6 is 0 Å². The molecule has 0 aliphatic carbocycles. The molecule has 0 atom stereocenters. The highest BCUT2D eigenvalue weighted by Crippen LogP contribution is 2.28. The number of anilines is 1. The Morgan fingerprint density at radius 2 is 2.21 bits per heavy atom. The molecule has 0 aliphatic heterocycles. The van der Waals surface area contributed by atoms with Crippen LogP contribution in [0, 0.1) is 10.1 Å². The predicted octanol–water partition coefficient (Wildman–Crippen LogP) is 2.12. The van der Waals surface area contributed by atoms with Crippen molar-refractivity contribution in [2.45, 2.75) is 39.7 Å². The lowest BCUT2D eigenvalue weighted by atomic mass is 10.2. The molecule has 7 heteroatoms. The molecule has 1 heterocycles. The number of aryl methyl sites for hydroxylation is 2. The van der Waals surface area contributed by atoms with E-state index in [4.69, 9.17) is 4.74 Å². The zero-order valence-electron chi connectivity index (χ0n) is 12.0. The van der Waals surface area contributed by atoms with Gasteiger partial charge in [-0.05, 0) is 20.3 Å². The number of nitrogens with zero attached hydrogens (tertiary/aromatic N) is 3. The minimum absolute atomic E-state index is 0.0777. The topological polar surface area (TPSA) is 82.2 Å². The molecule has 0 amide bonds. The minimum Gasteiger partial charge on any atom is -0.377 e. The Morgan fingerprint density at radius 3 is 2.74 bits per heavy atom. The van der Waals surface area contributed by atoms with Crippen LogP contribution in [0.3, 0.4) is 0 Å². The maximum atomic E-state index is 11.2.